The largest absolute Gasteiger partial charge is 0.326 e. The van der Waals surface area contributed by atoms with Gasteiger partial charge in [-0.05, 0) is 18.9 Å². The average Bonchev–Trinajstić information content (AvgIpc) is 2.66. The van der Waals surface area contributed by atoms with E-state index in [4.69, 9.17) is 5.73 Å². The Morgan fingerprint density at radius 2 is 1.76 bits per heavy atom. The van der Waals surface area contributed by atoms with Gasteiger partial charge in [0.1, 0.15) is 4.90 Å². The fourth-order valence-electron chi connectivity index (χ4n) is 2.90. The standard InChI is InChI=1S/C15H20N2O2S2/c16-11-14-15(12-7-3-4-8-13(12)20-14)21(18,19)17-9-5-1-2-6-10-17/h3-4,7-8H,1-2,5-6,9-11,16H2. The minimum atomic E-state index is -3.45. The van der Waals surface area contributed by atoms with Crippen molar-refractivity contribution in [2.75, 3.05) is 13.1 Å². The summed E-state index contributed by atoms with van der Waals surface area (Å²) in [5, 5.41) is 0.812. The van der Waals surface area contributed by atoms with Crippen molar-refractivity contribution in [3.05, 3.63) is 29.1 Å². The molecule has 0 atom stereocenters. The first-order valence-corrected chi connectivity index (χ1v) is 9.61. The molecular formula is C15H20N2O2S2. The number of fused-ring (bicyclic) bond motifs is 1. The molecule has 0 amide bonds. The first-order chi connectivity index (χ1) is 10.1. The molecule has 2 N–H and O–H groups in total. The number of thiophene rings is 1. The maximum absolute atomic E-state index is 13.1. The third-order valence-electron chi connectivity index (χ3n) is 3.97. The van der Waals surface area contributed by atoms with Crippen molar-refractivity contribution in [2.45, 2.75) is 37.1 Å². The Hall–Kier alpha value is -0.950. The summed E-state index contributed by atoms with van der Waals surface area (Å²) in [7, 11) is -3.45. The normalized spacial score (nSPS) is 18.0. The van der Waals surface area contributed by atoms with Gasteiger partial charge in [-0.2, -0.15) is 4.31 Å². The zero-order chi connectivity index (χ0) is 14.9. The van der Waals surface area contributed by atoms with Crippen molar-refractivity contribution in [3.8, 4) is 0 Å². The Morgan fingerprint density at radius 3 is 2.43 bits per heavy atom. The van der Waals surface area contributed by atoms with Gasteiger partial charge >= 0.3 is 0 Å². The Kier molecular flexibility index (Phi) is 4.31. The van der Waals surface area contributed by atoms with Crippen LogP contribution in [-0.4, -0.2) is 25.8 Å². The summed E-state index contributed by atoms with van der Waals surface area (Å²) in [5.41, 5.74) is 5.80. The van der Waals surface area contributed by atoms with E-state index in [0.29, 0.717) is 18.0 Å². The molecule has 2 heterocycles. The molecule has 0 aliphatic carbocycles. The summed E-state index contributed by atoms with van der Waals surface area (Å²) >= 11 is 1.49. The van der Waals surface area contributed by atoms with Crippen LogP contribution in [0.15, 0.2) is 29.2 Å². The van der Waals surface area contributed by atoms with E-state index in [2.05, 4.69) is 0 Å². The highest BCUT2D eigenvalue weighted by Gasteiger charge is 2.30. The van der Waals surface area contributed by atoms with E-state index in [9.17, 15) is 8.42 Å². The van der Waals surface area contributed by atoms with Crippen LogP contribution in [0.3, 0.4) is 0 Å². The number of nitrogens with zero attached hydrogens (tertiary/aromatic N) is 1. The minimum Gasteiger partial charge on any atom is -0.326 e. The lowest BCUT2D eigenvalue weighted by molar-refractivity contribution is 0.424. The molecule has 4 nitrogen and oxygen atoms in total. The molecule has 1 saturated heterocycles. The summed E-state index contributed by atoms with van der Waals surface area (Å²) in [6, 6.07) is 7.66. The molecule has 1 aromatic carbocycles. The summed E-state index contributed by atoms with van der Waals surface area (Å²) in [5.74, 6) is 0. The third kappa shape index (κ3) is 2.73. The highest BCUT2D eigenvalue weighted by molar-refractivity contribution is 7.89. The van der Waals surface area contributed by atoms with Crippen LogP contribution >= 0.6 is 11.3 Å². The van der Waals surface area contributed by atoms with Gasteiger partial charge in [0.25, 0.3) is 0 Å². The van der Waals surface area contributed by atoms with Gasteiger partial charge in [-0.25, -0.2) is 8.42 Å². The number of hydrogen-bond donors (Lipinski definition) is 1. The molecule has 0 saturated carbocycles. The summed E-state index contributed by atoms with van der Waals surface area (Å²) in [6.45, 7) is 1.51. The van der Waals surface area contributed by atoms with Crippen LogP contribution in [0.25, 0.3) is 10.1 Å². The summed E-state index contributed by atoms with van der Waals surface area (Å²) in [4.78, 5) is 1.20. The minimum absolute atomic E-state index is 0.266. The zero-order valence-corrected chi connectivity index (χ0v) is 13.5. The lowest BCUT2D eigenvalue weighted by atomic mass is 10.2. The quantitative estimate of drug-likeness (QED) is 0.944. The van der Waals surface area contributed by atoms with Crippen molar-refractivity contribution in [2.24, 2.45) is 5.73 Å². The van der Waals surface area contributed by atoms with Crippen molar-refractivity contribution in [1.82, 2.24) is 4.31 Å². The zero-order valence-electron chi connectivity index (χ0n) is 11.9. The van der Waals surface area contributed by atoms with Crippen LogP contribution in [0.1, 0.15) is 30.6 Å². The maximum atomic E-state index is 13.1. The van der Waals surface area contributed by atoms with Gasteiger partial charge in [0.15, 0.2) is 0 Å². The second-order valence-corrected chi connectivity index (χ2v) is 8.38. The van der Waals surface area contributed by atoms with Crippen LogP contribution in [0, 0.1) is 0 Å². The van der Waals surface area contributed by atoms with Gasteiger partial charge < -0.3 is 5.73 Å². The van der Waals surface area contributed by atoms with Crippen LogP contribution in [0.4, 0.5) is 0 Å². The van der Waals surface area contributed by atoms with E-state index >= 15 is 0 Å². The summed E-state index contributed by atoms with van der Waals surface area (Å²) < 4.78 is 28.8. The van der Waals surface area contributed by atoms with Crippen molar-refractivity contribution in [1.29, 1.82) is 0 Å². The fourth-order valence-corrected chi connectivity index (χ4v) is 6.21. The maximum Gasteiger partial charge on any atom is 0.244 e. The van der Waals surface area contributed by atoms with E-state index < -0.39 is 10.0 Å². The molecule has 0 unspecified atom stereocenters. The van der Waals surface area contributed by atoms with E-state index in [0.717, 1.165) is 40.6 Å². The number of nitrogens with two attached hydrogens (primary N) is 1. The van der Waals surface area contributed by atoms with Gasteiger partial charge in [-0.15, -0.1) is 11.3 Å². The topological polar surface area (TPSA) is 63.4 Å². The number of hydrogen-bond acceptors (Lipinski definition) is 4. The molecule has 3 rings (SSSR count). The van der Waals surface area contributed by atoms with Gasteiger partial charge in [-0.3, -0.25) is 0 Å². The number of sulfonamides is 1. The molecule has 1 aliphatic rings. The third-order valence-corrected chi connectivity index (χ3v) is 7.32. The Balaban J connectivity index is 2.13. The molecule has 1 aromatic heterocycles. The molecular weight excluding hydrogens is 304 g/mol. The second-order valence-electron chi connectivity index (χ2n) is 5.37. The summed E-state index contributed by atoms with van der Waals surface area (Å²) in [6.07, 6.45) is 4.11. The van der Waals surface area contributed by atoms with E-state index in [1.165, 1.54) is 11.3 Å². The lowest BCUT2D eigenvalue weighted by Crippen LogP contribution is -2.32. The van der Waals surface area contributed by atoms with Crippen molar-refractivity contribution in [3.63, 3.8) is 0 Å². The van der Waals surface area contributed by atoms with Gasteiger partial charge in [0.2, 0.25) is 10.0 Å². The Morgan fingerprint density at radius 1 is 1.10 bits per heavy atom. The van der Waals surface area contributed by atoms with Crippen LogP contribution in [-0.2, 0) is 16.6 Å². The van der Waals surface area contributed by atoms with Crippen LogP contribution in [0.2, 0.25) is 0 Å². The molecule has 0 bridgehead atoms. The molecule has 21 heavy (non-hydrogen) atoms. The Bertz CT molecular complexity index is 729. The monoisotopic (exact) mass is 324 g/mol. The van der Waals surface area contributed by atoms with Gasteiger partial charge in [0, 0.05) is 34.6 Å². The molecule has 0 spiro atoms. The van der Waals surface area contributed by atoms with Gasteiger partial charge in [-0.1, -0.05) is 31.0 Å². The highest BCUT2D eigenvalue weighted by atomic mass is 32.2. The lowest BCUT2D eigenvalue weighted by Gasteiger charge is -2.20. The molecule has 1 aliphatic heterocycles. The predicted molar refractivity (Wildman–Crippen MR) is 86.9 cm³/mol. The molecule has 6 heteroatoms. The van der Waals surface area contributed by atoms with Crippen LogP contribution in [0.5, 0.6) is 0 Å². The molecule has 0 radical (unpaired) electrons. The van der Waals surface area contributed by atoms with Crippen LogP contribution < -0.4 is 5.73 Å². The number of benzene rings is 1. The SMILES string of the molecule is NCc1sc2ccccc2c1S(=O)(=O)N1CCCCCC1. The van der Waals surface area contributed by atoms with E-state index in [1.807, 2.05) is 24.3 Å². The fraction of sp³-hybridized carbons (Fsp3) is 0.467. The second kappa shape index (κ2) is 6.04. The van der Waals surface area contributed by atoms with Crippen molar-refractivity contribution < 1.29 is 8.42 Å². The van der Waals surface area contributed by atoms with E-state index in [-0.39, 0.29) is 6.54 Å². The molecule has 2 aromatic rings. The van der Waals surface area contributed by atoms with Gasteiger partial charge in [0.05, 0.1) is 0 Å². The number of rotatable bonds is 3. The molecule has 1 fully saturated rings. The first kappa shape index (κ1) is 15.0. The van der Waals surface area contributed by atoms with Crippen molar-refractivity contribution >= 4 is 31.4 Å². The smallest absolute Gasteiger partial charge is 0.244 e. The Labute approximate surface area is 129 Å². The average molecular weight is 324 g/mol. The van der Waals surface area contributed by atoms with E-state index in [1.54, 1.807) is 4.31 Å². The highest BCUT2D eigenvalue weighted by Crippen LogP contribution is 2.36. The first-order valence-electron chi connectivity index (χ1n) is 7.35. The molecule has 114 valence electrons. The predicted octanol–water partition coefficient (Wildman–Crippen LogP) is 2.92.